The first-order valence-corrected chi connectivity index (χ1v) is 10.7. The molecule has 7 nitrogen and oxygen atoms in total. The zero-order chi connectivity index (χ0) is 21.0. The van der Waals surface area contributed by atoms with Crippen LogP contribution in [0.4, 0.5) is 5.69 Å². The molecule has 0 spiro atoms. The smallest absolute Gasteiger partial charge is 0.244 e. The van der Waals surface area contributed by atoms with E-state index in [9.17, 15) is 13.2 Å². The molecule has 0 radical (unpaired) electrons. The van der Waals surface area contributed by atoms with Gasteiger partial charge in [-0.1, -0.05) is 18.2 Å². The molecule has 0 fully saturated rings. The second kappa shape index (κ2) is 8.77. The fourth-order valence-corrected chi connectivity index (χ4v) is 4.46. The number of nitrogens with one attached hydrogen (secondary N) is 2. The number of amides is 1. The SMILES string of the molecule is COCC(C)NS(=O)(=O)c1ccc(NC(=O)Cn2c(C)cc3ccccc32)cc1. The maximum atomic E-state index is 12.5. The maximum absolute atomic E-state index is 12.5. The standard InChI is InChI=1S/C21H25N3O4S/c1-15(14-28-3)23-29(26,27)19-10-8-18(9-11-19)22-21(25)13-24-16(2)12-17-6-4-5-7-20(17)24/h4-12,15,23H,13-14H2,1-3H3,(H,22,25). The van der Waals surface area contributed by atoms with Gasteiger partial charge < -0.3 is 14.6 Å². The van der Waals surface area contributed by atoms with Gasteiger partial charge in [0, 0.05) is 30.0 Å². The predicted molar refractivity (Wildman–Crippen MR) is 113 cm³/mol. The Morgan fingerprint density at radius 1 is 1.14 bits per heavy atom. The number of benzene rings is 2. The van der Waals surface area contributed by atoms with Crippen LogP contribution in [-0.4, -0.2) is 38.7 Å². The zero-order valence-electron chi connectivity index (χ0n) is 16.7. The Hall–Kier alpha value is -2.68. The quantitative estimate of drug-likeness (QED) is 0.592. The monoisotopic (exact) mass is 415 g/mol. The lowest BCUT2D eigenvalue weighted by Crippen LogP contribution is -2.35. The molecule has 29 heavy (non-hydrogen) atoms. The van der Waals surface area contributed by atoms with E-state index in [-0.39, 0.29) is 30.0 Å². The number of hydrogen-bond acceptors (Lipinski definition) is 4. The molecule has 8 heteroatoms. The number of anilines is 1. The van der Waals surface area contributed by atoms with Crippen LogP contribution in [0.1, 0.15) is 12.6 Å². The molecule has 0 aliphatic heterocycles. The van der Waals surface area contributed by atoms with Crippen LogP contribution < -0.4 is 10.0 Å². The van der Waals surface area contributed by atoms with Crippen LogP contribution >= 0.6 is 0 Å². The van der Waals surface area contributed by atoms with Crippen LogP contribution in [0.2, 0.25) is 0 Å². The third-order valence-corrected chi connectivity index (χ3v) is 6.15. The summed E-state index contributed by atoms with van der Waals surface area (Å²) >= 11 is 0. The summed E-state index contributed by atoms with van der Waals surface area (Å²) in [6.07, 6.45) is 0. The second-order valence-corrected chi connectivity index (χ2v) is 8.69. The summed E-state index contributed by atoms with van der Waals surface area (Å²) in [5.74, 6) is -0.183. The number of aromatic nitrogens is 1. The number of carbonyl (C=O) groups is 1. The molecule has 1 unspecified atom stereocenters. The van der Waals surface area contributed by atoms with Gasteiger partial charge in [0.1, 0.15) is 6.54 Å². The number of para-hydroxylation sites is 1. The molecule has 2 N–H and O–H groups in total. The van der Waals surface area contributed by atoms with Crippen molar-refractivity contribution < 1.29 is 17.9 Å². The van der Waals surface area contributed by atoms with E-state index >= 15 is 0 Å². The third kappa shape index (κ3) is 5.03. The first-order chi connectivity index (χ1) is 13.8. The van der Waals surface area contributed by atoms with Crippen molar-refractivity contribution >= 4 is 32.5 Å². The lowest BCUT2D eigenvalue weighted by atomic mass is 10.2. The Kier molecular flexibility index (Phi) is 6.36. The van der Waals surface area contributed by atoms with Crippen LogP contribution in [0.3, 0.4) is 0 Å². The van der Waals surface area contributed by atoms with Crippen LogP contribution in [0.5, 0.6) is 0 Å². The summed E-state index contributed by atoms with van der Waals surface area (Å²) in [5, 5.41) is 3.90. The Bertz CT molecular complexity index is 1100. The highest BCUT2D eigenvalue weighted by atomic mass is 32.2. The van der Waals surface area contributed by atoms with Gasteiger partial charge in [0.25, 0.3) is 0 Å². The summed E-state index contributed by atoms with van der Waals surface area (Å²) in [6, 6.07) is 15.7. The van der Waals surface area contributed by atoms with Gasteiger partial charge in [-0.3, -0.25) is 4.79 Å². The van der Waals surface area contributed by atoms with Crippen molar-refractivity contribution in [2.75, 3.05) is 19.0 Å². The Labute approximate surface area is 170 Å². The van der Waals surface area contributed by atoms with Crippen LogP contribution in [-0.2, 0) is 26.1 Å². The number of methoxy groups -OCH3 is 1. The molecule has 154 valence electrons. The number of aryl methyl sites for hydroxylation is 1. The van der Waals surface area contributed by atoms with Crippen LogP contribution in [0.15, 0.2) is 59.5 Å². The fourth-order valence-electron chi connectivity index (χ4n) is 3.24. The van der Waals surface area contributed by atoms with E-state index in [1.165, 1.54) is 19.2 Å². The van der Waals surface area contributed by atoms with Crippen molar-refractivity contribution in [2.45, 2.75) is 31.3 Å². The zero-order valence-corrected chi connectivity index (χ0v) is 17.5. The highest BCUT2D eigenvalue weighted by Gasteiger charge is 2.17. The molecule has 3 rings (SSSR count). The molecule has 0 aliphatic rings. The van der Waals surface area contributed by atoms with Gasteiger partial charge in [0.2, 0.25) is 15.9 Å². The first kappa shape index (κ1) is 21.0. The topological polar surface area (TPSA) is 89.4 Å². The van der Waals surface area contributed by atoms with E-state index in [4.69, 9.17) is 4.74 Å². The molecular formula is C21H25N3O4S. The van der Waals surface area contributed by atoms with Crippen molar-refractivity contribution in [1.82, 2.24) is 9.29 Å². The van der Waals surface area contributed by atoms with Crippen molar-refractivity contribution in [2.24, 2.45) is 0 Å². The average Bonchev–Trinajstić information content (AvgIpc) is 2.97. The molecule has 1 aromatic heterocycles. The number of carbonyl (C=O) groups excluding carboxylic acids is 1. The maximum Gasteiger partial charge on any atom is 0.244 e. The van der Waals surface area contributed by atoms with Crippen molar-refractivity contribution in [3.63, 3.8) is 0 Å². The minimum atomic E-state index is -3.64. The Morgan fingerprint density at radius 3 is 2.52 bits per heavy atom. The Morgan fingerprint density at radius 2 is 1.83 bits per heavy atom. The van der Waals surface area contributed by atoms with Crippen LogP contribution in [0, 0.1) is 6.92 Å². The van der Waals surface area contributed by atoms with E-state index in [1.807, 2.05) is 41.8 Å². The summed E-state index contributed by atoms with van der Waals surface area (Å²) in [6.45, 7) is 4.14. The second-order valence-electron chi connectivity index (χ2n) is 6.98. The van der Waals surface area contributed by atoms with E-state index in [2.05, 4.69) is 10.0 Å². The summed E-state index contributed by atoms with van der Waals surface area (Å²) in [4.78, 5) is 12.6. The molecule has 1 heterocycles. The van der Waals surface area contributed by atoms with Gasteiger partial charge in [-0.05, 0) is 55.6 Å². The van der Waals surface area contributed by atoms with Crippen molar-refractivity contribution in [3.05, 3.63) is 60.3 Å². The largest absolute Gasteiger partial charge is 0.383 e. The highest BCUT2D eigenvalue weighted by Crippen LogP contribution is 2.20. The molecule has 0 saturated heterocycles. The van der Waals surface area contributed by atoms with E-state index in [0.717, 1.165) is 16.6 Å². The molecule has 2 aromatic carbocycles. The molecule has 0 saturated carbocycles. The number of rotatable bonds is 8. The molecule has 1 amide bonds. The summed E-state index contributed by atoms with van der Waals surface area (Å²) < 4.78 is 34.2. The molecule has 3 aromatic rings. The van der Waals surface area contributed by atoms with Crippen LogP contribution in [0.25, 0.3) is 10.9 Å². The van der Waals surface area contributed by atoms with Gasteiger partial charge in [-0.15, -0.1) is 0 Å². The van der Waals surface area contributed by atoms with E-state index in [0.29, 0.717) is 5.69 Å². The minimum absolute atomic E-state index is 0.130. The van der Waals surface area contributed by atoms with Crippen molar-refractivity contribution in [3.8, 4) is 0 Å². The van der Waals surface area contributed by atoms with Gasteiger partial charge >= 0.3 is 0 Å². The number of nitrogens with zero attached hydrogens (tertiary/aromatic N) is 1. The van der Waals surface area contributed by atoms with E-state index < -0.39 is 10.0 Å². The van der Waals surface area contributed by atoms with E-state index in [1.54, 1.807) is 19.1 Å². The van der Waals surface area contributed by atoms with Gasteiger partial charge in [0.05, 0.1) is 11.5 Å². The molecule has 0 aliphatic carbocycles. The number of sulfonamides is 1. The summed E-state index contributed by atoms with van der Waals surface area (Å²) in [5.41, 5.74) is 2.53. The minimum Gasteiger partial charge on any atom is -0.383 e. The average molecular weight is 416 g/mol. The number of hydrogen-bond donors (Lipinski definition) is 2. The lowest BCUT2D eigenvalue weighted by molar-refractivity contribution is -0.116. The van der Waals surface area contributed by atoms with Crippen molar-refractivity contribution in [1.29, 1.82) is 0 Å². The molecular weight excluding hydrogens is 390 g/mol. The predicted octanol–water partition coefficient (Wildman–Crippen LogP) is 2.90. The molecule has 0 bridgehead atoms. The number of fused-ring (bicyclic) bond motifs is 1. The van der Waals surface area contributed by atoms with Gasteiger partial charge in [0.15, 0.2) is 0 Å². The normalized spacial score (nSPS) is 12.8. The molecule has 1 atom stereocenters. The van der Waals surface area contributed by atoms with Gasteiger partial charge in [-0.2, -0.15) is 0 Å². The highest BCUT2D eigenvalue weighted by molar-refractivity contribution is 7.89. The lowest BCUT2D eigenvalue weighted by Gasteiger charge is -2.14. The first-order valence-electron chi connectivity index (χ1n) is 9.26. The third-order valence-electron chi connectivity index (χ3n) is 4.54. The fraction of sp³-hybridized carbons (Fsp3) is 0.286. The number of ether oxygens (including phenoxy) is 1. The summed E-state index contributed by atoms with van der Waals surface area (Å²) in [7, 11) is -2.13. The Balaban J connectivity index is 1.68. The van der Waals surface area contributed by atoms with Gasteiger partial charge in [-0.25, -0.2) is 13.1 Å².